The van der Waals surface area contributed by atoms with E-state index in [0.717, 1.165) is 6.54 Å². The minimum Gasteiger partial charge on any atom is -0.371 e. The van der Waals surface area contributed by atoms with Crippen molar-refractivity contribution in [3.8, 4) is 0 Å². The van der Waals surface area contributed by atoms with Gasteiger partial charge in [0.2, 0.25) is 0 Å². The number of aromatic amines is 1. The Balaban J connectivity index is 2.53. The maximum absolute atomic E-state index is 5.58. The van der Waals surface area contributed by atoms with Gasteiger partial charge in [0.25, 0.3) is 0 Å². The molecule has 0 fully saturated rings. The predicted molar refractivity (Wildman–Crippen MR) is 65.4 cm³/mol. The van der Waals surface area contributed by atoms with Crippen LogP contribution in [-0.4, -0.2) is 25.1 Å². The zero-order valence-corrected chi connectivity index (χ0v) is 9.25. The van der Waals surface area contributed by atoms with Gasteiger partial charge >= 0.3 is 0 Å². The summed E-state index contributed by atoms with van der Waals surface area (Å²) in [5.41, 5.74) is 9.23. The molecule has 0 spiro atoms. The molecule has 0 aliphatic heterocycles. The highest BCUT2D eigenvalue weighted by Gasteiger charge is 2.10. The van der Waals surface area contributed by atoms with Crippen LogP contribution in [-0.2, 0) is 0 Å². The van der Waals surface area contributed by atoms with Gasteiger partial charge in [0, 0.05) is 36.7 Å². The van der Waals surface area contributed by atoms with E-state index in [-0.39, 0.29) is 0 Å². The van der Waals surface area contributed by atoms with E-state index in [0.29, 0.717) is 6.54 Å². The van der Waals surface area contributed by atoms with Crippen LogP contribution in [0.3, 0.4) is 0 Å². The second-order valence-corrected chi connectivity index (χ2v) is 3.85. The first kappa shape index (κ1) is 10.1. The van der Waals surface area contributed by atoms with Gasteiger partial charge in [-0.05, 0) is 13.0 Å². The summed E-state index contributed by atoms with van der Waals surface area (Å²) in [7, 11) is 2.08. The first-order valence-corrected chi connectivity index (χ1v) is 5.22. The van der Waals surface area contributed by atoms with E-state index in [1.165, 1.54) is 22.3 Å². The molecule has 1 aromatic heterocycles. The number of anilines is 1. The van der Waals surface area contributed by atoms with Crippen molar-refractivity contribution in [2.75, 3.05) is 25.0 Å². The fourth-order valence-corrected chi connectivity index (χ4v) is 2.06. The summed E-state index contributed by atoms with van der Waals surface area (Å²) in [4.78, 5) is 5.59. The molecule has 3 N–H and O–H groups in total. The van der Waals surface area contributed by atoms with Crippen molar-refractivity contribution in [1.29, 1.82) is 0 Å². The average Bonchev–Trinajstić information content (AvgIpc) is 2.54. The Hall–Kier alpha value is -1.48. The van der Waals surface area contributed by atoms with Crippen molar-refractivity contribution in [3.05, 3.63) is 30.0 Å². The molecule has 3 nitrogen and oxygen atoms in total. The number of hydrogen-bond acceptors (Lipinski definition) is 2. The molecular formula is C12H17N3. The number of aromatic nitrogens is 1. The van der Waals surface area contributed by atoms with Gasteiger partial charge in [-0.25, -0.2) is 0 Å². The van der Waals surface area contributed by atoms with Crippen LogP contribution < -0.4 is 10.6 Å². The third-order valence-electron chi connectivity index (χ3n) is 2.71. The van der Waals surface area contributed by atoms with Gasteiger partial charge in [0.15, 0.2) is 0 Å². The SMILES string of the molecule is Cc1[nH]c2ccccc2c1N(C)CCN. The van der Waals surface area contributed by atoms with Gasteiger partial charge in [0.1, 0.15) is 0 Å². The van der Waals surface area contributed by atoms with Crippen LogP contribution in [0.25, 0.3) is 10.9 Å². The molecule has 0 amide bonds. The zero-order valence-electron chi connectivity index (χ0n) is 9.25. The summed E-state index contributed by atoms with van der Waals surface area (Å²) in [6.07, 6.45) is 0. The summed E-state index contributed by atoms with van der Waals surface area (Å²) in [6.45, 7) is 3.65. The molecule has 1 heterocycles. The molecule has 1 aromatic carbocycles. The number of H-pyrrole nitrogens is 1. The predicted octanol–water partition coefficient (Wildman–Crippen LogP) is 1.87. The first-order valence-electron chi connectivity index (χ1n) is 5.22. The number of hydrogen-bond donors (Lipinski definition) is 2. The van der Waals surface area contributed by atoms with Crippen molar-refractivity contribution in [3.63, 3.8) is 0 Å². The summed E-state index contributed by atoms with van der Waals surface area (Å²) >= 11 is 0. The number of para-hydroxylation sites is 1. The van der Waals surface area contributed by atoms with E-state index in [4.69, 9.17) is 5.73 Å². The lowest BCUT2D eigenvalue weighted by atomic mass is 10.2. The van der Waals surface area contributed by atoms with Crippen molar-refractivity contribution < 1.29 is 0 Å². The van der Waals surface area contributed by atoms with E-state index >= 15 is 0 Å². The topological polar surface area (TPSA) is 45.0 Å². The Labute approximate surface area is 89.9 Å². The Bertz CT molecular complexity index is 459. The van der Waals surface area contributed by atoms with Crippen molar-refractivity contribution in [2.24, 2.45) is 5.73 Å². The first-order chi connectivity index (χ1) is 7.24. The molecule has 3 heteroatoms. The van der Waals surface area contributed by atoms with Gasteiger partial charge in [-0.3, -0.25) is 0 Å². The van der Waals surface area contributed by atoms with Crippen LogP contribution in [0, 0.1) is 6.92 Å². The highest BCUT2D eigenvalue weighted by atomic mass is 15.1. The number of rotatable bonds is 3. The van der Waals surface area contributed by atoms with Gasteiger partial charge in [0.05, 0.1) is 5.69 Å². The Morgan fingerprint density at radius 2 is 2.07 bits per heavy atom. The van der Waals surface area contributed by atoms with Crippen LogP contribution in [0.1, 0.15) is 5.69 Å². The molecular weight excluding hydrogens is 186 g/mol. The molecule has 80 valence electrons. The number of fused-ring (bicyclic) bond motifs is 1. The maximum atomic E-state index is 5.58. The van der Waals surface area contributed by atoms with E-state index in [1.54, 1.807) is 0 Å². The van der Waals surface area contributed by atoms with Crippen molar-refractivity contribution in [2.45, 2.75) is 6.92 Å². The number of aryl methyl sites for hydroxylation is 1. The fraction of sp³-hybridized carbons (Fsp3) is 0.333. The van der Waals surface area contributed by atoms with Crippen LogP contribution in [0.4, 0.5) is 5.69 Å². The fourth-order valence-electron chi connectivity index (χ4n) is 2.06. The van der Waals surface area contributed by atoms with Crippen LogP contribution in [0.5, 0.6) is 0 Å². The number of benzene rings is 1. The van der Waals surface area contributed by atoms with E-state index in [2.05, 4.69) is 42.1 Å². The lowest BCUT2D eigenvalue weighted by molar-refractivity contribution is 0.884. The summed E-state index contributed by atoms with van der Waals surface area (Å²) in [5, 5.41) is 1.27. The van der Waals surface area contributed by atoms with Crippen molar-refractivity contribution >= 4 is 16.6 Å². The quantitative estimate of drug-likeness (QED) is 0.800. The molecule has 0 saturated heterocycles. The van der Waals surface area contributed by atoms with Crippen molar-refractivity contribution in [1.82, 2.24) is 4.98 Å². The Morgan fingerprint density at radius 3 is 2.80 bits per heavy atom. The van der Waals surface area contributed by atoms with Gasteiger partial charge in [-0.15, -0.1) is 0 Å². The molecule has 0 aliphatic rings. The molecule has 15 heavy (non-hydrogen) atoms. The van der Waals surface area contributed by atoms with E-state index in [1.807, 2.05) is 6.07 Å². The summed E-state index contributed by atoms with van der Waals surface area (Å²) in [6, 6.07) is 8.35. The van der Waals surface area contributed by atoms with Crippen LogP contribution >= 0.6 is 0 Å². The Kier molecular flexibility index (Phi) is 2.64. The Morgan fingerprint density at radius 1 is 1.33 bits per heavy atom. The molecule has 2 rings (SSSR count). The maximum Gasteiger partial charge on any atom is 0.0652 e. The second kappa shape index (κ2) is 3.95. The molecule has 0 bridgehead atoms. The van der Waals surface area contributed by atoms with Crippen LogP contribution in [0.15, 0.2) is 24.3 Å². The number of nitrogens with two attached hydrogens (primary N) is 1. The molecule has 0 saturated carbocycles. The molecule has 0 unspecified atom stereocenters. The molecule has 0 atom stereocenters. The monoisotopic (exact) mass is 203 g/mol. The highest BCUT2D eigenvalue weighted by molar-refractivity contribution is 5.94. The summed E-state index contributed by atoms with van der Waals surface area (Å²) < 4.78 is 0. The third-order valence-corrected chi connectivity index (χ3v) is 2.71. The largest absolute Gasteiger partial charge is 0.371 e. The molecule has 0 aliphatic carbocycles. The lowest BCUT2D eigenvalue weighted by Crippen LogP contribution is -2.25. The second-order valence-electron chi connectivity index (χ2n) is 3.85. The normalized spacial score (nSPS) is 10.9. The zero-order chi connectivity index (χ0) is 10.8. The highest BCUT2D eigenvalue weighted by Crippen LogP contribution is 2.29. The average molecular weight is 203 g/mol. The van der Waals surface area contributed by atoms with E-state index < -0.39 is 0 Å². The minimum absolute atomic E-state index is 0.676. The smallest absolute Gasteiger partial charge is 0.0652 e. The summed E-state index contributed by atoms with van der Waals surface area (Å²) in [5.74, 6) is 0. The van der Waals surface area contributed by atoms with Gasteiger partial charge in [-0.2, -0.15) is 0 Å². The molecule has 0 radical (unpaired) electrons. The van der Waals surface area contributed by atoms with Gasteiger partial charge in [-0.1, -0.05) is 18.2 Å². The van der Waals surface area contributed by atoms with Gasteiger partial charge < -0.3 is 15.6 Å². The minimum atomic E-state index is 0.676. The number of nitrogens with one attached hydrogen (secondary N) is 1. The number of likely N-dealkylation sites (N-methyl/N-ethyl adjacent to an activating group) is 1. The van der Waals surface area contributed by atoms with E-state index in [9.17, 15) is 0 Å². The lowest BCUT2D eigenvalue weighted by Gasteiger charge is -2.18. The van der Waals surface area contributed by atoms with Crippen LogP contribution in [0.2, 0.25) is 0 Å². The number of nitrogens with zero attached hydrogens (tertiary/aromatic N) is 1. The molecule has 2 aromatic rings. The standard InChI is InChI=1S/C12H17N3/c1-9-12(15(2)8-7-13)10-5-3-4-6-11(10)14-9/h3-6,14H,7-8,13H2,1-2H3. The third kappa shape index (κ3) is 1.70.